The summed E-state index contributed by atoms with van der Waals surface area (Å²) in [6, 6.07) is 5.75. The molecule has 2 saturated heterocycles. The molecule has 0 radical (unpaired) electrons. The van der Waals surface area contributed by atoms with E-state index < -0.39 is 0 Å². The Morgan fingerprint density at radius 1 is 1.25 bits per heavy atom. The molecule has 5 nitrogen and oxygen atoms in total. The van der Waals surface area contributed by atoms with Crippen LogP contribution in [0.5, 0.6) is 0 Å². The Balaban J connectivity index is 0.00000245. The van der Waals surface area contributed by atoms with Gasteiger partial charge >= 0.3 is 0 Å². The van der Waals surface area contributed by atoms with Crippen LogP contribution in [-0.2, 0) is 11.8 Å². The van der Waals surface area contributed by atoms with Gasteiger partial charge in [-0.15, -0.1) is 22.6 Å². The van der Waals surface area contributed by atoms with Crippen LogP contribution in [0, 0.1) is 18.2 Å². The van der Waals surface area contributed by atoms with Gasteiger partial charge in [0.05, 0.1) is 0 Å². The molecule has 3 aliphatic rings. The quantitative estimate of drug-likeness (QED) is 0.414. The number of halogens is 2. The van der Waals surface area contributed by atoms with Crippen molar-refractivity contribution in [3.8, 4) is 0 Å². The highest BCUT2D eigenvalue weighted by molar-refractivity contribution is 7.99. The Labute approximate surface area is 200 Å². The second-order valence-corrected chi connectivity index (χ2v) is 10.7. The zero-order valence-electron chi connectivity index (χ0n) is 19.1. The fourth-order valence-electron chi connectivity index (χ4n) is 5.54. The van der Waals surface area contributed by atoms with Gasteiger partial charge in [-0.3, -0.25) is 0 Å². The maximum atomic E-state index is 14.4. The van der Waals surface area contributed by atoms with E-state index in [1.807, 2.05) is 30.8 Å². The lowest BCUT2D eigenvalue weighted by atomic mass is 9.97. The first-order valence-electron chi connectivity index (χ1n) is 11.6. The summed E-state index contributed by atoms with van der Waals surface area (Å²) in [6.45, 7) is 6.99. The zero-order chi connectivity index (χ0) is 21.4. The smallest absolute Gasteiger partial charge is 0.190 e. The van der Waals surface area contributed by atoms with E-state index in [4.69, 9.17) is 4.74 Å². The average Bonchev–Trinajstić information content (AvgIpc) is 3.10. The van der Waals surface area contributed by atoms with Crippen molar-refractivity contribution < 1.29 is 9.13 Å². The molecular formula is C24H34ClFN4OS. The summed E-state index contributed by atoms with van der Waals surface area (Å²) in [7, 11) is 2.09. The molecule has 0 unspecified atom stereocenters. The van der Waals surface area contributed by atoms with Gasteiger partial charge in [0.25, 0.3) is 0 Å². The average molecular weight is 481 g/mol. The molecule has 1 spiro atoms. The molecular weight excluding hydrogens is 447 g/mol. The summed E-state index contributed by atoms with van der Waals surface area (Å²) in [5, 5.41) is 9.93. The number of aryl methyl sites for hydroxylation is 1. The molecule has 1 aromatic heterocycles. The van der Waals surface area contributed by atoms with Crippen molar-refractivity contribution >= 4 is 24.2 Å². The van der Waals surface area contributed by atoms with Gasteiger partial charge in [0, 0.05) is 38.5 Å². The molecule has 1 aliphatic carbocycles. The number of rotatable bonds is 7. The van der Waals surface area contributed by atoms with E-state index in [1.165, 1.54) is 6.42 Å². The van der Waals surface area contributed by atoms with E-state index in [0.29, 0.717) is 17.3 Å². The van der Waals surface area contributed by atoms with Gasteiger partial charge in [-0.25, -0.2) is 4.39 Å². The molecule has 0 amide bonds. The van der Waals surface area contributed by atoms with Gasteiger partial charge in [-0.05, 0) is 80.6 Å². The fourth-order valence-corrected chi connectivity index (χ4v) is 6.38. The van der Waals surface area contributed by atoms with Crippen LogP contribution >= 0.6 is 24.2 Å². The van der Waals surface area contributed by atoms with Gasteiger partial charge in [0.2, 0.25) is 0 Å². The minimum absolute atomic E-state index is 0. The number of nitrogens with zero attached hydrogens (tertiary/aromatic N) is 4. The first-order valence-corrected chi connectivity index (χ1v) is 12.6. The Hall–Kier alpha value is -1.15. The molecule has 3 heterocycles. The van der Waals surface area contributed by atoms with Crippen LogP contribution in [0.4, 0.5) is 4.39 Å². The summed E-state index contributed by atoms with van der Waals surface area (Å²) in [4.78, 5) is 2.58. The molecule has 2 atom stereocenters. The number of ether oxygens (including phenoxy) is 1. The number of aromatic nitrogens is 3. The molecule has 2 aliphatic heterocycles. The second kappa shape index (κ2) is 10.00. The summed E-state index contributed by atoms with van der Waals surface area (Å²) in [6.07, 6.45) is 5.58. The van der Waals surface area contributed by atoms with Gasteiger partial charge in [-0.1, -0.05) is 23.9 Å². The Bertz CT molecular complexity index is 935. The molecule has 0 N–H and O–H groups in total. The number of hydrogen-bond donors (Lipinski definition) is 0. The standard InChI is InChI=1S/C24H33FN4OS.ClH/c1-17-4-5-19(21(25)14-17)20-15-24(20)8-10-29(16-24)9-3-13-31-23-27-26-22(28(23)2)18-6-11-30-12-7-18;/h4-5,14,18,20H,3,6-13,15-16H2,1-2H3;1H/t20-,24+;/m1./s1. The topological polar surface area (TPSA) is 43.2 Å². The fraction of sp³-hybridized carbons (Fsp3) is 0.667. The number of benzene rings is 1. The monoisotopic (exact) mass is 480 g/mol. The molecule has 1 aromatic carbocycles. The maximum Gasteiger partial charge on any atom is 0.190 e. The van der Waals surface area contributed by atoms with E-state index in [0.717, 1.165) is 86.4 Å². The van der Waals surface area contributed by atoms with Crippen molar-refractivity contribution in [1.29, 1.82) is 0 Å². The lowest BCUT2D eigenvalue weighted by Crippen LogP contribution is -2.23. The number of thioether (sulfide) groups is 1. The van der Waals surface area contributed by atoms with Crippen LogP contribution in [0.25, 0.3) is 0 Å². The Morgan fingerprint density at radius 3 is 2.84 bits per heavy atom. The highest BCUT2D eigenvalue weighted by Gasteiger charge is 2.58. The SMILES string of the molecule is Cc1ccc([C@H]2C[C@]23CCN(CCCSc2nnc(C4CCOCC4)n2C)C3)c(F)c1.Cl. The lowest BCUT2D eigenvalue weighted by Gasteiger charge is -2.21. The van der Waals surface area contributed by atoms with E-state index in [-0.39, 0.29) is 18.2 Å². The second-order valence-electron chi connectivity index (χ2n) is 9.66. The molecule has 1 saturated carbocycles. The molecule has 2 aromatic rings. The van der Waals surface area contributed by atoms with Crippen molar-refractivity contribution in [3.05, 3.63) is 41.0 Å². The lowest BCUT2D eigenvalue weighted by molar-refractivity contribution is 0.0828. The van der Waals surface area contributed by atoms with Crippen LogP contribution in [0.3, 0.4) is 0 Å². The van der Waals surface area contributed by atoms with Crippen molar-refractivity contribution in [2.24, 2.45) is 12.5 Å². The molecule has 32 heavy (non-hydrogen) atoms. The summed E-state index contributed by atoms with van der Waals surface area (Å²) in [5.41, 5.74) is 2.26. The van der Waals surface area contributed by atoms with Crippen LogP contribution in [0.2, 0.25) is 0 Å². The molecule has 8 heteroatoms. The van der Waals surface area contributed by atoms with E-state index in [1.54, 1.807) is 6.07 Å². The molecule has 5 rings (SSSR count). The number of hydrogen-bond acceptors (Lipinski definition) is 5. The van der Waals surface area contributed by atoms with Crippen molar-refractivity contribution in [1.82, 2.24) is 19.7 Å². The molecule has 3 fully saturated rings. The highest BCUT2D eigenvalue weighted by Crippen LogP contribution is 2.64. The number of likely N-dealkylation sites (tertiary alicyclic amines) is 1. The molecule has 0 bridgehead atoms. The van der Waals surface area contributed by atoms with Crippen molar-refractivity contribution in [3.63, 3.8) is 0 Å². The highest BCUT2D eigenvalue weighted by atomic mass is 35.5. The first-order chi connectivity index (χ1) is 15.1. The van der Waals surface area contributed by atoms with Crippen molar-refractivity contribution in [2.75, 3.05) is 38.6 Å². The maximum absolute atomic E-state index is 14.4. The predicted octanol–water partition coefficient (Wildman–Crippen LogP) is 4.94. The summed E-state index contributed by atoms with van der Waals surface area (Å²) >= 11 is 1.81. The minimum Gasteiger partial charge on any atom is -0.381 e. The zero-order valence-corrected chi connectivity index (χ0v) is 20.7. The third-order valence-electron chi connectivity index (χ3n) is 7.49. The van der Waals surface area contributed by atoms with Crippen LogP contribution < -0.4 is 0 Å². The van der Waals surface area contributed by atoms with Gasteiger partial charge < -0.3 is 14.2 Å². The van der Waals surface area contributed by atoms with Gasteiger partial charge in [-0.2, -0.15) is 0 Å². The van der Waals surface area contributed by atoms with Gasteiger partial charge in [0.1, 0.15) is 11.6 Å². The predicted molar refractivity (Wildman–Crippen MR) is 128 cm³/mol. The molecule has 176 valence electrons. The Kier molecular flexibility index (Phi) is 7.50. The Morgan fingerprint density at radius 2 is 2.06 bits per heavy atom. The summed E-state index contributed by atoms with van der Waals surface area (Å²) < 4.78 is 22.1. The normalized spacial score (nSPS) is 25.9. The van der Waals surface area contributed by atoms with Crippen LogP contribution in [-0.4, -0.2) is 58.3 Å². The summed E-state index contributed by atoms with van der Waals surface area (Å²) in [5.74, 6) is 3.04. The third-order valence-corrected chi connectivity index (χ3v) is 8.60. The minimum atomic E-state index is -0.0134. The van der Waals surface area contributed by atoms with E-state index in [9.17, 15) is 4.39 Å². The largest absolute Gasteiger partial charge is 0.381 e. The van der Waals surface area contributed by atoms with Gasteiger partial charge in [0.15, 0.2) is 5.16 Å². The first kappa shape index (κ1) is 24.0. The van der Waals surface area contributed by atoms with E-state index in [2.05, 4.69) is 26.7 Å². The van der Waals surface area contributed by atoms with E-state index >= 15 is 0 Å². The van der Waals surface area contributed by atoms with Crippen LogP contribution in [0.1, 0.15) is 60.9 Å². The van der Waals surface area contributed by atoms with Crippen molar-refractivity contribution in [2.45, 2.75) is 56.0 Å². The third kappa shape index (κ3) is 4.86. The van der Waals surface area contributed by atoms with Crippen LogP contribution in [0.15, 0.2) is 23.4 Å².